The van der Waals surface area contributed by atoms with Crippen molar-refractivity contribution in [3.63, 3.8) is 0 Å². The summed E-state index contributed by atoms with van der Waals surface area (Å²) in [5.74, 6) is 1.50. The summed E-state index contributed by atoms with van der Waals surface area (Å²) in [7, 11) is 0. The van der Waals surface area contributed by atoms with Crippen LogP contribution >= 0.6 is 11.8 Å². The number of anilines is 1. The molecule has 0 unspecified atom stereocenters. The zero-order valence-corrected chi connectivity index (χ0v) is 10.8. The molecule has 1 rings (SSSR count). The van der Waals surface area contributed by atoms with Crippen LogP contribution in [0.4, 0.5) is 5.95 Å². The summed E-state index contributed by atoms with van der Waals surface area (Å²) in [6.45, 7) is 9.15. The van der Waals surface area contributed by atoms with Gasteiger partial charge in [0.1, 0.15) is 5.82 Å². The van der Waals surface area contributed by atoms with E-state index in [1.165, 1.54) is 11.8 Å². The van der Waals surface area contributed by atoms with Crippen LogP contribution in [-0.2, 0) is 5.41 Å². The van der Waals surface area contributed by atoms with E-state index in [-0.39, 0.29) is 5.41 Å². The van der Waals surface area contributed by atoms with Gasteiger partial charge in [-0.1, -0.05) is 32.5 Å². The van der Waals surface area contributed by atoms with E-state index in [2.05, 4.69) is 41.0 Å². The second-order valence-electron chi connectivity index (χ2n) is 4.25. The fourth-order valence-electron chi connectivity index (χ4n) is 1.02. The van der Waals surface area contributed by atoms with Gasteiger partial charge in [-0.25, -0.2) is 4.98 Å². The van der Waals surface area contributed by atoms with E-state index in [0.29, 0.717) is 5.95 Å². The van der Waals surface area contributed by atoms with Crippen LogP contribution in [0.1, 0.15) is 33.5 Å². The molecule has 0 fully saturated rings. The molecule has 4 nitrogen and oxygen atoms in total. The first-order chi connectivity index (χ1) is 6.97. The first kappa shape index (κ1) is 12.2. The lowest BCUT2D eigenvalue weighted by Gasteiger charge is -2.17. The van der Waals surface area contributed by atoms with Gasteiger partial charge in [0, 0.05) is 12.0 Å². The Balaban J connectivity index is 3.11. The molecule has 15 heavy (non-hydrogen) atoms. The molecule has 0 atom stereocenters. The Kier molecular flexibility index (Phi) is 3.90. The molecular formula is C10H18N4S. The minimum Gasteiger partial charge on any atom is -0.354 e. The molecule has 1 N–H and O–H groups in total. The SMILES string of the molecule is CCNc1nc(SC)nc(C(C)(C)C)n1. The highest BCUT2D eigenvalue weighted by Gasteiger charge is 2.19. The maximum atomic E-state index is 4.41. The van der Waals surface area contributed by atoms with Gasteiger partial charge in [-0.15, -0.1) is 0 Å². The monoisotopic (exact) mass is 226 g/mol. The fourth-order valence-corrected chi connectivity index (χ4v) is 1.38. The normalized spacial score (nSPS) is 11.5. The molecule has 0 amide bonds. The Morgan fingerprint density at radius 2 is 1.87 bits per heavy atom. The van der Waals surface area contributed by atoms with Crippen LogP contribution in [0.15, 0.2) is 5.16 Å². The van der Waals surface area contributed by atoms with Crippen molar-refractivity contribution in [3.8, 4) is 0 Å². The van der Waals surface area contributed by atoms with Crippen molar-refractivity contribution in [1.82, 2.24) is 15.0 Å². The Hall–Kier alpha value is -0.840. The molecule has 1 heterocycles. The van der Waals surface area contributed by atoms with Crippen molar-refractivity contribution in [2.24, 2.45) is 0 Å². The number of hydrogen-bond donors (Lipinski definition) is 1. The second-order valence-corrected chi connectivity index (χ2v) is 5.02. The molecule has 0 aliphatic carbocycles. The Morgan fingerprint density at radius 1 is 1.20 bits per heavy atom. The van der Waals surface area contributed by atoms with Crippen molar-refractivity contribution in [3.05, 3.63) is 5.82 Å². The van der Waals surface area contributed by atoms with E-state index >= 15 is 0 Å². The standard InChI is InChI=1S/C10H18N4S/c1-6-11-8-12-7(10(2,3)4)13-9(14-8)15-5/h6H2,1-5H3,(H,11,12,13,14). The van der Waals surface area contributed by atoms with Crippen molar-refractivity contribution >= 4 is 17.7 Å². The molecule has 0 spiro atoms. The molecule has 0 aliphatic heterocycles. The van der Waals surface area contributed by atoms with Crippen molar-refractivity contribution in [2.75, 3.05) is 18.1 Å². The molecule has 0 aromatic carbocycles. The lowest BCUT2D eigenvalue weighted by Crippen LogP contribution is -2.18. The summed E-state index contributed by atoms with van der Waals surface area (Å²) < 4.78 is 0. The second kappa shape index (κ2) is 4.79. The smallest absolute Gasteiger partial charge is 0.226 e. The average Bonchev–Trinajstić information content (AvgIpc) is 2.16. The van der Waals surface area contributed by atoms with Gasteiger partial charge >= 0.3 is 0 Å². The molecule has 0 saturated carbocycles. The lowest BCUT2D eigenvalue weighted by atomic mass is 9.96. The summed E-state index contributed by atoms with van der Waals surface area (Å²) in [4.78, 5) is 13.1. The average molecular weight is 226 g/mol. The third-order valence-electron chi connectivity index (χ3n) is 1.80. The zero-order chi connectivity index (χ0) is 11.5. The van der Waals surface area contributed by atoms with Crippen molar-refractivity contribution in [1.29, 1.82) is 0 Å². The van der Waals surface area contributed by atoms with Gasteiger partial charge in [-0.2, -0.15) is 9.97 Å². The molecule has 0 aliphatic rings. The van der Waals surface area contributed by atoms with Crippen molar-refractivity contribution in [2.45, 2.75) is 38.3 Å². The number of nitrogens with zero attached hydrogens (tertiary/aromatic N) is 3. The first-order valence-electron chi connectivity index (χ1n) is 5.01. The van der Waals surface area contributed by atoms with Gasteiger partial charge in [0.05, 0.1) is 0 Å². The molecular weight excluding hydrogens is 208 g/mol. The Morgan fingerprint density at radius 3 is 2.33 bits per heavy atom. The van der Waals surface area contributed by atoms with E-state index in [9.17, 15) is 0 Å². The summed E-state index contributed by atoms with van der Waals surface area (Å²) in [6, 6.07) is 0. The Bertz CT molecular complexity index is 333. The van der Waals surface area contributed by atoms with Gasteiger partial charge < -0.3 is 5.32 Å². The summed E-state index contributed by atoms with van der Waals surface area (Å²) in [5, 5.41) is 3.89. The highest BCUT2D eigenvalue weighted by atomic mass is 32.2. The largest absolute Gasteiger partial charge is 0.354 e. The van der Waals surface area contributed by atoms with Gasteiger partial charge in [0.2, 0.25) is 5.95 Å². The fraction of sp³-hybridized carbons (Fsp3) is 0.700. The molecule has 1 aromatic rings. The number of aromatic nitrogens is 3. The quantitative estimate of drug-likeness (QED) is 0.802. The van der Waals surface area contributed by atoms with Crippen LogP contribution in [0.5, 0.6) is 0 Å². The zero-order valence-electron chi connectivity index (χ0n) is 9.96. The van der Waals surface area contributed by atoms with Gasteiger partial charge in [-0.05, 0) is 13.2 Å². The van der Waals surface area contributed by atoms with Crippen molar-refractivity contribution < 1.29 is 0 Å². The number of rotatable bonds is 3. The topological polar surface area (TPSA) is 50.7 Å². The van der Waals surface area contributed by atoms with E-state index in [4.69, 9.17) is 0 Å². The van der Waals surface area contributed by atoms with Crippen LogP contribution in [0, 0.1) is 0 Å². The van der Waals surface area contributed by atoms with Gasteiger partial charge in [0.25, 0.3) is 0 Å². The maximum absolute atomic E-state index is 4.41. The predicted molar refractivity (Wildman–Crippen MR) is 64.5 cm³/mol. The van der Waals surface area contributed by atoms with E-state index < -0.39 is 0 Å². The highest BCUT2D eigenvalue weighted by Crippen LogP contribution is 2.21. The van der Waals surface area contributed by atoms with Crippen LogP contribution in [0.25, 0.3) is 0 Å². The van der Waals surface area contributed by atoms with Crippen LogP contribution in [0.2, 0.25) is 0 Å². The van der Waals surface area contributed by atoms with E-state index in [0.717, 1.165) is 17.5 Å². The molecule has 0 radical (unpaired) electrons. The van der Waals surface area contributed by atoms with E-state index in [1.54, 1.807) is 0 Å². The number of thioether (sulfide) groups is 1. The summed E-state index contributed by atoms with van der Waals surface area (Å²) in [5.41, 5.74) is -0.0441. The van der Waals surface area contributed by atoms with E-state index in [1.807, 2.05) is 13.2 Å². The molecule has 1 aromatic heterocycles. The van der Waals surface area contributed by atoms with Crippen LogP contribution in [0.3, 0.4) is 0 Å². The molecule has 0 bridgehead atoms. The molecule has 84 valence electrons. The highest BCUT2D eigenvalue weighted by molar-refractivity contribution is 7.98. The van der Waals surface area contributed by atoms with Gasteiger partial charge in [-0.3, -0.25) is 0 Å². The minimum absolute atomic E-state index is 0.0441. The lowest BCUT2D eigenvalue weighted by molar-refractivity contribution is 0.532. The molecule has 5 heteroatoms. The third-order valence-corrected chi connectivity index (χ3v) is 2.35. The number of hydrogen-bond acceptors (Lipinski definition) is 5. The molecule has 0 saturated heterocycles. The summed E-state index contributed by atoms with van der Waals surface area (Å²) in [6.07, 6.45) is 1.97. The third kappa shape index (κ3) is 3.34. The first-order valence-corrected chi connectivity index (χ1v) is 6.24. The Labute approximate surface area is 95.3 Å². The van der Waals surface area contributed by atoms with Gasteiger partial charge in [0.15, 0.2) is 5.16 Å². The number of nitrogens with one attached hydrogen (secondary N) is 1. The van der Waals surface area contributed by atoms with Crippen LogP contribution < -0.4 is 5.32 Å². The summed E-state index contributed by atoms with van der Waals surface area (Å²) >= 11 is 1.54. The minimum atomic E-state index is -0.0441. The predicted octanol–water partition coefficient (Wildman–Crippen LogP) is 2.32. The van der Waals surface area contributed by atoms with Crippen LogP contribution in [-0.4, -0.2) is 27.8 Å². The maximum Gasteiger partial charge on any atom is 0.226 e.